The summed E-state index contributed by atoms with van der Waals surface area (Å²) in [5.41, 5.74) is 0.445. The standard InChI is InChI=1S/C18H32N2O/c1-13(2)19-11-10-17-20-12-16(21-17)14-6-8-15(9-7-14)18(3,4)5/h12-15,19H,6-11H2,1-5H3. The molecule has 120 valence electrons. The van der Waals surface area contributed by atoms with Crippen LogP contribution in [0.3, 0.4) is 0 Å². The van der Waals surface area contributed by atoms with E-state index in [1.807, 2.05) is 6.20 Å². The molecule has 1 aliphatic rings. The molecule has 0 aliphatic heterocycles. The molecule has 0 bridgehead atoms. The van der Waals surface area contributed by atoms with Gasteiger partial charge in [-0.05, 0) is 37.0 Å². The first-order valence-corrected chi connectivity index (χ1v) is 8.54. The lowest BCUT2D eigenvalue weighted by molar-refractivity contribution is 0.163. The van der Waals surface area contributed by atoms with Crippen LogP contribution >= 0.6 is 0 Å². The van der Waals surface area contributed by atoms with Gasteiger partial charge < -0.3 is 9.73 Å². The average molecular weight is 292 g/mol. The van der Waals surface area contributed by atoms with Gasteiger partial charge in [0, 0.05) is 24.9 Å². The molecule has 2 rings (SSSR count). The van der Waals surface area contributed by atoms with Crippen LogP contribution in [-0.4, -0.2) is 17.6 Å². The van der Waals surface area contributed by atoms with E-state index in [-0.39, 0.29) is 0 Å². The fourth-order valence-electron chi connectivity index (χ4n) is 3.34. The number of nitrogens with one attached hydrogen (secondary N) is 1. The maximum atomic E-state index is 5.97. The Hall–Kier alpha value is -0.830. The van der Waals surface area contributed by atoms with Gasteiger partial charge in [-0.1, -0.05) is 34.6 Å². The Labute approximate surface area is 129 Å². The van der Waals surface area contributed by atoms with Crippen LogP contribution in [0, 0.1) is 11.3 Å². The molecule has 0 amide bonds. The van der Waals surface area contributed by atoms with Gasteiger partial charge in [0.05, 0.1) is 6.20 Å². The number of hydrogen-bond donors (Lipinski definition) is 1. The number of aromatic nitrogens is 1. The van der Waals surface area contributed by atoms with E-state index in [2.05, 4.69) is 44.9 Å². The zero-order valence-corrected chi connectivity index (χ0v) is 14.4. The summed E-state index contributed by atoms with van der Waals surface area (Å²) in [6.07, 6.45) is 7.99. The van der Waals surface area contributed by atoms with E-state index in [1.165, 1.54) is 25.7 Å². The van der Waals surface area contributed by atoms with Crippen molar-refractivity contribution in [3.8, 4) is 0 Å². The van der Waals surface area contributed by atoms with Gasteiger partial charge in [0.2, 0.25) is 0 Å². The molecule has 3 nitrogen and oxygen atoms in total. The van der Waals surface area contributed by atoms with E-state index < -0.39 is 0 Å². The van der Waals surface area contributed by atoms with Gasteiger partial charge in [0.1, 0.15) is 5.76 Å². The van der Waals surface area contributed by atoms with Crippen LogP contribution in [0.5, 0.6) is 0 Å². The number of rotatable bonds is 5. The van der Waals surface area contributed by atoms with Gasteiger partial charge in [0.15, 0.2) is 5.89 Å². The topological polar surface area (TPSA) is 38.1 Å². The van der Waals surface area contributed by atoms with Crippen LogP contribution in [0.1, 0.15) is 77.9 Å². The molecule has 0 unspecified atom stereocenters. The summed E-state index contributed by atoms with van der Waals surface area (Å²) in [5, 5.41) is 3.41. The zero-order chi connectivity index (χ0) is 15.5. The minimum atomic E-state index is 0.445. The molecule has 0 saturated heterocycles. The third-order valence-electron chi connectivity index (χ3n) is 4.82. The molecule has 1 heterocycles. The summed E-state index contributed by atoms with van der Waals surface area (Å²) in [6.45, 7) is 12.4. The van der Waals surface area contributed by atoms with Crippen LogP contribution < -0.4 is 5.32 Å². The van der Waals surface area contributed by atoms with Crippen molar-refractivity contribution >= 4 is 0 Å². The lowest BCUT2D eigenvalue weighted by Crippen LogP contribution is -2.25. The lowest BCUT2D eigenvalue weighted by atomic mass is 9.69. The second-order valence-corrected chi connectivity index (χ2v) is 7.93. The van der Waals surface area contributed by atoms with Crippen LogP contribution in [0.25, 0.3) is 0 Å². The summed E-state index contributed by atoms with van der Waals surface area (Å²) in [4.78, 5) is 4.45. The van der Waals surface area contributed by atoms with Crippen LogP contribution in [0.15, 0.2) is 10.6 Å². The lowest BCUT2D eigenvalue weighted by Gasteiger charge is -2.36. The van der Waals surface area contributed by atoms with Crippen molar-refractivity contribution in [3.05, 3.63) is 17.8 Å². The van der Waals surface area contributed by atoms with E-state index in [0.717, 1.165) is 30.5 Å². The van der Waals surface area contributed by atoms with Gasteiger partial charge in [-0.25, -0.2) is 4.98 Å². The highest BCUT2D eigenvalue weighted by Gasteiger charge is 2.31. The highest BCUT2D eigenvalue weighted by Crippen LogP contribution is 2.43. The van der Waals surface area contributed by atoms with E-state index >= 15 is 0 Å². The molecule has 1 aromatic rings. The van der Waals surface area contributed by atoms with Gasteiger partial charge in [-0.3, -0.25) is 0 Å². The summed E-state index contributed by atoms with van der Waals surface area (Å²) >= 11 is 0. The average Bonchev–Trinajstić information content (AvgIpc) is 2.86. The molecule has 0 aromatic carbocycles. The quantitative estimate of drug-likeness (QED) is 0.866. The van der Waals surface area contributed by atoms with Crippen molar-refractivity contribution < 1.29 is 4.42 Å². The maximum Gasteiger partial charge on any atom is 0.195 e. The van der Waals surface area contributed by atoms with Gasteiger partial charge >= 0.3 is 0 Å². The first-order chi connectivity index (χ1) is 9.86. The molecule has 1 N–H and O–H groups in total. The summed E-state index contributed by atoms with van der Waals surface area (Å²) < 4.78 is 5.97. The first kappa shape index (κ1) is 16.5. The number of hydrogen-bond acceptors (Lipinski definition) is 3. The molecular weight excluding hydrogens is 260 g/mol. The smallest absolute Gasteiger partial charge is 0.195 e. The van der Waals surface area contributed by atoms with Gasteiger partial charge in [-0.15, -0.1) is 0 Å². The molecule has 0 spiro atoms. The first-order valence-electron chi connectivity index (χ1n) is 8.54. The Bertz CT molecular complexity index is 423. The molecule has 1 fully saturated rings. The fourth-order valence-corrected chi connectivity index (χ4v) is 3.34. The summed E-state index contributed by atoms with van der Waals surface area (Å²) in [6, 6.07) is 0.520. The van der Waals surface area contributed by atoms with Crippen molar-refractivity contribution in [3.63, 3.8) is 0 Å². The maximum absolute atomic E-state index is 5.97. The highest BCUT2D eigenvalue weighted by atomic mass is 16.4. The number of nitrogens with zero attached hydrogens (tertiary/aromatic N) is 1. The zero-order valence-electron chi connectivity index (χ0n) is 14.4. The van der Waals surface area contributed by atoms with Crippen LogP contribution in [0.4, 0.5) is 0 Å². The Kier molecular flexibility index (Phi) is 5.48. The molecule has 3 heteroatoms. The van der Waals surface area contributed by atoms with Gasteiger partial charge in [0.25, 0.3) is 0 Å². The molecule has 0 atom stereocenters. The molecule has 0 radical (unpaired) electrons. The third kappa shape index (κ3) is 4.84. The largest absolute Gasteiger partial charge is 0.445 e. The Morgan fingerprint density at radius 1 is 1.24 bits per heavy atom. The Morgan fingerprint density at radius 2 is 1.90 bits per heavy atom. The highest BCUT2D eigenvalue weighted by molar-refractivity contribution is 5.04. The molecule has 1 saturated carbocycles. The summed E-state index contributed by atoms with van der Waals surface area (Å²) in [5.74, 6) is 3.44. The minimum absolute atomic E-state index is 0.445. The number of oxazole rings is 1. The molecule has 1 aromatic heterocycles. The van der Waals surface area contributed by atoms with E-state index in [0.29, 0.717) is 17.4 Å². The predicted octanol–water partition coefficient (Wildman–Crippen LogP) is 4.54. The second-order valence-electron chi connectivity index (χ2n) is 7.93. The molecule has 1 aliphatic carbocycles. The van der Waals surface area contributed by atoms with Crippen LogP contribution in [0.2, 0.25) is 0 Å². The Balaban J connectivity index is 1.83. The Morgan fingerprint density at radius 3 is 2.48 bits per heavy atom. The second kappa shape index (κ2) is 6.95. The van der Waals surface area contributed by atoms with E-state index in [4.69, 9.17) is 4.42 Å². The van der Waals surface area contributed by atoms with Crippen molar-refractivity contribution in [1.29, 1.82) is 0 Å². The fraction of sp³-hybridized carbons (Fsp3) is 0.833. The van der Waals surface area contributed by atoms with Gasteiger partial charge in [-0.2, -0.15) is 0 Å². The normalized spacial score (nSPS) is 23.7. The predicted molar refractivity (Wildman–Crippen MR) is 87.5 cm³/mol. The summed E-state index contributed by atoms with van der Waals surface area (Å²) in [7, 11) is 0. The minimum Gasteiger partial charge on any atom is -0.445 e. The van der Waals surface area contributed by atoms with Crippen molar-refractivity contribution in [1.82, 2.24) is 10.3 Å². The van der Waals surface area contributed by atoms with Crippen molar-refractivity contribution in [2.24, 2.45) is 11.3 Å². The van der Waals surface area contributed by atoms with Crippen LogP contribution in [-0.2, 0) is 6.42 Å². The van der Waals surface area contributed by atoms with E-state index in [9.17, 15) is 0 Å². The SMILES string of the molecule is CC(C)NCCc1ncc(C2CCC(C(C)(C)C)CC2)o1. The van der Waals surface area contributed by atoms with Crippen molar-refractivity contribution in [2.75, 3.05) is 6.54 Å². The molecule has 21 heavy (non-hydrogen) atoms. The van der Waals surface area contributed by atoms with Crippen molar-refractivity contribution in [2.45, 2.75) is 78.7 Å². The molecular formula is C18H32N2O. The van der Waals surface area contributed by atoms with E-state index in [1.54, 1.807) is 0 Å². The monoisotopic (exact) mass is 292 g/mol. The third-order valence-corrected chi connectivity index (χ3v) is 4.82.